The van der Waals surface area contributed by atoms with Crippen LogP contribution in [0.25, 0.3) is 11.1 Å². The lowest BCUT2D eigenvalue weighted by atomic mass is 9.98. The normalized spacial score (nSPS) is 10.3. The number of amides is 1. The molecular formula is C21H19NO3. The SMILES string of the molecule is COc1ccc(-c2ccc(O)cc2C(=O)NCc2ccccc2)cc1. The highest BCUT2D eigenvalue weighted by Crippen LogP contribution is 2.28. The third-order valence-electron chi connectivity index (χ3n) is 3.94. The number of aromatic hydroxyl groups is 1. The molecular weight excluding hydrogens is 314 g/mol. The Balaban J connectivity index is 1.86. The first-order valence-corrected chi connectivity index (χ1v) is 7.97. The van der Waals surface area contributed by atoms with E-state index in [4.69, 9.17) is 4.74 Å². The molecule has 0 aliphatic rings. The maximum atomic E-state index is 12.6. The van der Waals surface area contributed by atoms with Crippen LogP contribution in [0.15, 0.2) is 72.8 Å². The number of hydrogen-bond acceptors (Lipinski definition) is 3. The Labute approximate surface area is 146 Å². The van der Waals surface area contributed by atoms with Crippen molar-refractivity contribution in [3.8, 4) is 22.6 Å². The molecule has 0 aromatic heterocycles. The van der Waals surface area contributed by atoms with Gasteiger partial charge in [0.2, 0.25) is 0 Å². The van der Waals surface area contributed by atoms with E-state index < -0.39 is 0 Å². The number of methoxy groups -OCH3 is 1. The molecule has 3 aromatic rings. The van der Waals surface area contributed by atoms with E-state index in [1.165, 1.54) is 6.07 Å². The first-order valence-electron chi connectivity index (χ1n) is 7.97. The summed E-state index contributed by atoms with van der Waals surface area (Å²) in [7, 11) is 1.61. The number of hydrogen-bond donors (Lipinski definition) is 2. The standard InChI is InChI=1S/C21H19NO3/c1-25-18-10-7-16(8-11-18)19-12-9-17(23)13-20(19)21(24)22-14-15-5-3-2-4-6-15/h2-13,23H,14H2,1H3,(H,22,24). The van der Waals surface area contributed by atoms with Gasteiger partial charge in [-0.3, -0.25) is 4.79 Å². The molecule has 0 fully saturated rings. The smallest absolute Gasteiger partial charge is 0.252 e. The van der Waals surface area contributed by atoms with E-state index in [1.807, 2.05) is 54.6 Å². The molecule has 0 saturated heterocycles. The second kappa shape index (κ2) is 7.53. The van der Waals surface area contributed by atoms with Crippen LogP contribution in [0.5, 0.6) is 11.5 Å². The maximum absolute atomic E-state index is 12.6. The van der Waals surface area contributed by atoms with Gasteiger partial charge in [0.15, 0.2) is 0 Å². The third kappa shape index (κ3) is 3.98. The molecule has 2 N–H and O–H groups in total. The summed E-state index contributed by atoms with van der Waals surface area (Å²) in [4.78, 5) is 12.6. The van der Waals surface area contributed by atoms with Gasteiger partial charge in [0.25, 0.3) is 5.91 Å². The molecule has 126 valence electrons. The van der Waals surface area contributed by atoms with Gasteiger partial charge in [0.1, 0.15) is 11.5 Å². The number of carbonyl (C=O) groups is 1. The fraction of sp³-hybridized carbons (Fsp3) is 0.0952. The predicted octanol–water partition coefficient (Wildman–Crippen LogP) is 4.00. The van der Waals surface area contributed by atoms with Crippen molar-refractivity contribution in [1.82, 2.24) is 5.32 Å². The van der Waals surface area contributed by atoms with E-state index in [0.29, 0.717) is 12.1 Å². The Morgan fingerprint density at radius 2 is 1.72 bits per heavy atom. The van der Waals surface area contributed by atoms with Gasteiger partial charge in [0.05, 0.1) is 12.7 Å². The molecule has 0 unspecified atom stereocenters. The van der Waals surface area contributed by atoms with Gasteiger partial charge in [-0.2, -0.15) is 0 Å². The summed E-state index contributed by atoms with van der Waals surface area (Å²) in [5.74, 6) is 0.574. The number of carbonyl (C=O) groups excluding carboxylic acids is 1. The van der Waals surface area contributed by atoms with E-state index >= 15 is 0 Å². The molecule has 0 aliphatic carbocycles. The first-order chi connectivity index (χ1) is 12.2. The van der Waals surface area contributed by atoms with E-state index in [9.17, 15) is 9.90 Å². The Bertz CT molecular complexity index is 858. The number of ether oxygens (including phenoxy) is 1. The average molecular weight is 333 g/mol. The second-order valence-corrected chi connectivity index (χ2v) is 5.63. The molecule has 3 rings (SSSR count). The minimum Gasteiger partial charge on any atom is -0.508 e. The summed E-state index contributed by atoms with van der Waals surface area (Å²) in [6, 6.07) is 22.0. The third-order valence-corrected chi connectivity index (χ3v) is 3.94. The van der Waals surface area contributed by atoms with Crippen LogP contribution in [0.3, 0.4) is 0 Å². The van der Waals surface area contributed by atoms with E-state index in [1.54, 1.807) is 19.2 Å². The van der Waals surface area contributed by atoms with Crippen molar-refractivity contribution in [2.75, 3.05) is 7.11 Å². The Hall–Kier alpha value is -3.27. The number of benzene rings is 3. The monoisotopic (exact) mass is 333 g/mol. The Morgan fingerprint density at radius 3 is 2.40 bits per heavy atom. The van der Waals surface area contributed by atoms with Crippen LogP contribution in [-0.4, -0.2) is 18.1 Å². The lowest BCUT2D eigenvalue weighted by Crippen LogP contribution is -2.23. The predicted molar refractivity (Wildman–Crippen MR) is 97.7 cm³/mol. The van der Waals surface area contributed by atoms with Crippen molar-refractivity contribution in [2.45, 2.75) is 6.54 Å². The summed E-state index contributed by atoms with van der Waals surface area (Å²) in [6.07, 6.45) is 0. The van der Waals surface area contributed by atoms with Crippen molar-refractivity contribution in [3.63, 3.8) is 0 Å². The molecule has 3 aromatic carbocycles. The lowest BCUT2D eigenvalue weighted by molar-refractivity contribution is 0.0951. The minimum absolute atomic E-state index is 0.0575. The van der Waals surface area contributed by atoms with Crippen molar-refractivity contribution >= 4 is 5.91 Å². The molecule has 1 amide bonds. The van der Waals surface area contributed by atoms with Crippen molar-refractivity contribution in [1.29, 1.82) is 0 Å². The number of phenolic OH excluding ortho intramolecular Hbond substituents is 1. The number of nitrogens with one attached hydrogen (secondary N) is 1. The highest BCUT2D eigenvalue weighted by Gasteiger charge is 2.14. The quantitative estimate of drug-likeness (QED) is 0.742. The maximum Gasteiger partial charge on any atom is 0.252 e. The van der Waals surface area contributed by atoms with Gasteiger partial charge < -0.3 is 15.2 Å². The second-order valence-electron chi connectivity index (χ2n) is 5.63. The van der Waals surface area contributed by atoms with Crippen LogP contribution in [0.4, 0.5) is 0 Å². The van der Waals surface area contributed by atoms with Crippen LogP contribution in [0.1, 0.15) is 15.9 Å². The van der Waals surface area contributed by atoms with Gasteiger partial charge in [-0.05, 0) is 47.0 Å². The zero-order valence-electron chi connectivity index (χ0n) is 13.9. The largest absolute Gasteiger partial charge is 0.508 e. The highest BCUT2D eigenvalue weighted by molar-refractivity contribution is 6.01. The molecule has 0 heterocycles. The summed E-state index contributed by atoms with van der Waals surface area (Å²) in [5.41, 5.74) is 3.08. The highest BCUT2D eigenvalue weighted by atomic mass is 16.5. The van der Waals surface area contributed by atoms with Gasteiger partial charge in [-0.1, -0.05) is 42.5 Å². The van der Waals surface area contributed by atoms with E-state index in [0.717, 1.165) is 22.4 Å². The Morgan fingerprint density at radius 1 is 1.00 bits per heavy atom. The van der Waals surface area contributed by atoms with Gasteiger partial charge in [0, 0.05) is 6.54 Å². The van der Waals surface area contributed by atoms with Gasteiger partial charge >= 0.3 is 0 Å². The molecule has 25 heavy (non-hydrogen) atoms. The number of rotatable bonds is 5. The summed E-state index contributed by atoms with van der Waals surface area (Å²) in [5, 5.41) is 12.7. The summed E-state index contributed by atoms with van der Waals surface area (Å²) >= 11 is 0. The number of phenols is 1. The van der Waals surface area contributed by atoms with Gasteiger partial charge in [-0.15, -0.1) is 0 Å². The zero-order chi connectivity index (χ0) is 17.6. The van der Waals surface area contributed by atoms with Crippen LogP contribution < -0.4 is 10.1 Å². The molecule has 0 spiro atoms. The fourth-order valence-corrected chi connectivity index (χ4v) is 2.62. The van der Waals surface area contributed by atoms with E-state index in [-0.39, 0.29) is 11.7 Å². The van der Waals surface area contributed by atoms with Crippen molar-refractivity contribution in [2.24, 2.45) is 0 Å². The van der Waals surface area contributed by atoms with Crippen LogP contribution in [0.2, 0.25) is 0 Å². The van der Waals surface area contributed by atoms with E-state index in [2.05, 4.69) is 5.32 Å². The molecule has 4 heteroatoms. The molecule has 0 saturated carbocycles. The summed E-state index contributed by atoms with van der Waals surface area (Å²) in [6.45, 7) is 0.428. The summed E-state index contributed by atoms with van der Waals surface area (Å²) < 4.78 is 5.17. The molecule has 0 radical (unpaired) electrons. The fourth-order valence-electron chi connectivity index (χ4n) is 2.62. The minimum atomic E-state index is -0.231. The molecule has 0 atom stereocenters. The molecule has 0 aliphatic heterocycles. The van der Waals surface area contributed by atoms with Crippen LogP contribution >= 0.6 is 0 Å². The first kappa shape index (κ1) is 16.6. The lowest BCUT2D eigenvalue weighted by Gasteiger charge is -2.12. The van der Waals surface area contributed by atoms with Crippen LogP contribution in [0, 0.1) is 0 Å². The average Bonchev–Trinajstić information content (AvgIpc) is 2.67. The Kier molecular flexibility index (Phi) is 5.00. The topological polar surface area (TPSA) is 58.6 Å². The van der Waals surface area contributed by atoms with Crippen LogP contribution in [-0.2, 0) is 6.54 Å². The van der Waals surface area contributed by atoms with Crippen molar-refractivity contribution < 1.29 is 14.6 Å². The van der Waals surface area contributed by atoms with Crippen molar-refractivity contribution in [3.05, 3.63) is 83.9 Å². The molecule has 4 nitrogen and oxygen atoms in total. The zero-order valence-corrected chi connectivity index (χ0v) is 13.9. The van der Waals surface area contributed by atoms with Gasteiger partial charge in [-0.25, -0.2) is 0 Å². The molecule has 0 bridgehead atoms.